The van der Waals surface area contributed by atoms with Gasteiger partial charge in [0.05, 0.1) is 18.9 Å². The molecule has 0 aliphatic carbocycles. The van der Waals surface area contributed by atoms with Gasteiger partial charge in [0, 0.05) is 37.7 Å². The summed E-state index contributed by atoms with van der Waals surface area (Å²) in [4.78, 5) is 26.4. The molecule has 0 bridgehead atoms. The van der Waals surface area contributed by atoms with E-state index in [1.165, 1.54) is 0 Å². The minimum absolute atomic E-state index is 0.000267. The molecule has 0 spiro atoms. The Labute approximate surface area is 219 Å². The summed E-state index contributed by atoms with van der Waals surface area (Å²) in [5.41, 5.74) is 2.80. The van der Waals surface area contributed by atoms with E-state index in [9.17, 15) is 9.59 Å². The van der Waals surface area contributed by atoms with Gasteiger partial charge in [0.1, 0.15) is 18.1 Å². The highest BCUT2D eigenvalue weighted by molar-refractivity contribution is 5.96. The molecule has 200 valence electrons. The third-order valence-corrected chi connectivity index (χ3v) is 6.67. The number of likely N-dealkylation sites (tertiary alicyclic amines) is 1. The molecule has 2 heterocycles. The number of carbonyl (C=O) groups excluding carboxylic acids is 2. The van der Waals surface area contributed by atoms with E-state index in [-0.39, 0.29) is 18.0 Å². The van der Waals surface area contributed by atoms with E-state index in [2.05, 4.69) is 15.5 Å². The number of benzene rings is 2. The number of hydrogen-bond acceptors (Lipinski definition) is 6. The van der Waals surface area contributed by atoms with Gasteiger partial charge < -0.3 is 29.7 Å². The second-order valence-corrected chi connectivity index (χ2v) is 10.2. The second-order valence-electron chi connectivity index (χ2n) is 10.2. The van der Waals surface area contributed by atoms with Gasteiger partial charge in [0.2, 0.25) is 5.91 Å². The summed E-state index contributed by atoms with van der Waals surface area (Å²) in [6, 6.07) is 14.0. The molecule has 2 aliphatic heterocycles. The maximum Gasteiger partial charge on any atom is 0.407 e. The lowest BCUT2D eigenvalue weighted by Crippen LogP contribution is -2.45. The van der Waals surface area contributed by atoms with Crippen LogP contribution in [0, 0.1) is 5.92 Å². The van der Waals surface area contributed by atoms with Gasteiger partial charge in [0.15, 0.2) is 0 Å². The Morgan fingerprint density at radius 2 is 1.81 bits per heavy atom. The molecule has 0 atom stereocenters. The predicted octanol–water partition coefficient (Wildman–Crippen LogP) is 4.77. The lowest BCUT2D eigenvalue weighted by molar-refractivity contribution is -0.116. The van der Waals surface area contributed by atoms with E-state index in [0.717, 1.165) is 61.5 Å². The lowest BCUT2D eigenvalue weighted by Gasteiger charge is -2.32. The van der Waals surface area contributed by atoms with Crippen LogP contribution in [0.25, 0.3) is 0 Å². The highest BCUT2D eigenvalue weighted by atomic mass is 16.5. The van der Waals surface area contributed by atoms with Crippen LogP contribution in [0.1, 0.15) is 50.7 Å². The van der Waals surface area contributed by atoms with Gasteiger partial charge in [-0.2, -0.15) is 0 Å². The third-order valence-electron chi connectivity index (χ3n) is 6.67. The number of anilines is 1. The Balaban J connectivity index is 1.22. The SMILES string of the molecule is CC(C)COC(=O)NC1CCN(CCCOc2ccc(OCc3ccccc3)c3c2CCC(=O)N3)CC1. The van der Waals surface area contributed by atoms with Crippen molar-refractivity contribution in [3.05, 3.63) is 53.6 Å². The smallest absolute Gasteiger partial charge is 0.407 e. The number of amides is 2. The van der Waals surface area contributed by atoms with E-state index in [1.54, 1.807) is 0 Å². The van der Waals surface area contributed by atoms with Crippen LogP contribution in [-0.2, 0) is 22.6 Å². The Morgan fingerprint density at radius 1 is 1.05 bits per heavy atom. The summed E-state index contributed by atoms with van der Waals surface area (Å²) >= 11 is 0. The largest absolute Gasteiger partial charge is 0.493 e. The number of hydrogen-bond donors (Lipinski definition) is 2. The fourth-order valence-electron chi connectivity index (χ4n) is 4.65. The van der Waals surface area contributed by atoms with Crippen molar-refractivity contribution in [2.45, 2.75) is 58.6 Å². The van der Waals surface area contributed by atoms with E-state index < -0.39 is 0 Å². The molecule has 2 amide bonds. The van der Waals surface area contributed by atoms with Crippen LogP contribution in [0.3, 0.4) is 0 Å². The summed E-state index contributed by atoms with van der Waals surface area (Å²) in [5.74, 6) is 1.82. The van der Waals surface area contributed by atoms with Crippen molar-refractivity contribution in [1.82, 2.24) is 10.2 Å². The normalized spacial score (nSPS) is 16.1. The van der Waals surface area contributed by atoms with Crippen LogP contribution in [0.2, 0.25) is 0 Å². The average Bonchev–Trinajstić information content (AvgIpc) is 2.90. The Bertz CT molecular complexity index is 1040. The Hall–Kier alpha value is -3.26. The van der Waals surface area contributed by atoms with E-state index in [4.69, 9.17) is 14.2 Å². The molecular weight excluding hydrogens is 470 g/mol. The number of nitrogens with one attached hydrogen (secondary N) is 2. The van der Waals surface area contributed by atoms with Crippen molar-refractivity contribution in [2.75, 3.05) is 38.2 Å². The number of nitrogens with zero attached hydrogens (tertiary/aromatic N) is 1. The molecule has 8 heteroatoms. The third kappa shape index (κ3) is 8.12. The van der Waals surface area contributed by atoms with Crippen LogP contribution in [0.5, 0.6) is 11.5 Å². The molecule has 2 N–H and O–H groups in total. The summed E-state index contributed by atoms with van der Waals surface area (Å²) in [7, 11) is 0. The fraction of sp³-hybridized carbons (Fsp3) is 0.517. The average molecular weight is 510 g/mol. The summed E-state index contributed by atoms with van der Waals surface area (Å²) in [6.07, 6.45) is 3.53. The van der Waals surface area contributed by atoms with Crippen molar-refractivity contribution in [1.29, 1.82) is 0 Å². The zero-order chi connectivity index (χ0) is 26.0. The lowest BCUT2D eigenvalue weighted by atomic mass is 10.0. The zero-order valence-electron chi connectivity index (χ0n) is 22.0. The Kier molecular flexibility index (Phi) is 9.65. The molecule has 0 saturated carbocycles. The number of ether oxygens (including phenoxy) is 3. The van der Waals surface area contributed by atoms with Gasteiger partial charge in [0.25, 0.3) is 0 Å². The maximum atomic E-state index is 12.1. The molecule has 0 aromatic heterocycles. The van der Waals surface area contributed by atoms with E-state index in [1.807, 2.05) is 56.3 Å². The topological polar surface area (TPSA) is 89.1 Å². The van der Waals surface area contributed by atoms with Crippen molar-refractivity contribution in [2.24, 2.45) is 5.92 Å². The molecule has 8 nitrogen and oxygen atoms in total. The van der Waals surface area contributed by atoms with Gasteiger partial charge in [-0.3, -0.25) is 4.79 Å². The van der Waals surface area contributed by atoms with Crippen LogP contribution < -0.4 is 20.1 Å². The van der Waals surface area contributed by atoms with E-state index in [0.29, 0.717) is 44.3 Å². The minimum atomic E-state index is -0.309. The van der Waals surface area contributed by atoms with Crippen LogP contribution in [0.4, 0.5) is 10.5 Å². The van der Waals surface area contributed by atoms with Gasteiger partial charge in [-0.05, 0) is 49.3 Å². The van der Waals surface area contributed by atoms with Crippen molar-refractivity contribution in [3.8, 4) is 11.5 Å². The fourth-order valence-corrected chi connectivity index (χ4v) is 4.65. The molecule has 2 aromatic rings. The first kappa shape index (κ1) is 26.8. The standard InChI is InChI=1S/C29H39N3O5/c1-21(2)19-37-29(34)30-23-13-16-32(17-14-23)15-6-18-35-25-10-11-26(28-24(25)9-12-27(33)31-28)36-20-22-7-4-3-5-8-22/h3-5,7-8,10-11,21,23H,6,9,12-20H2,1-2H3,(H,30,34)(H,31,33). The highest BCUT2D eigenvalue weighted by Crippen LogP contribution is 2.39. The molecule has 0 radical (unpaired) electrons. The monoisotopic (exact) mass is 509 g/mol. The molecule has 2 aromatic carbocycles. The first-order chi connectivity index (χ1) is 18.0. The van der Waals surface area contributed by atoms with Gasteiger partial charge in [-0.15, -0.1) is 0 Å². The molecule has 37 heavy (non-hydrogen) atoms. The van der Waals surface area contributed by atoms with Gasteiger partial charge in [-0.25, -0.2) is 4.79 Å². The molecule has 4 rings (SSSR count). The number of alkyl carbamates (subject to hydrolysis) is 1. The number of carbonyl (C=O) groups is 2. The van der Waals surface area contributed by atoms with Crippen LogP contribution in [0.15, 0.2) is 42.5 Å². The summed E-state index contributed by atoms with van der Waals surface area (Å²) in [6.45, 7) is 8.38. The maximum absolute atomic E-state index is 12.1. The second kappa shape index (κ2) is 13.3. The zero-order valence-corrected chi connectivity index (χ0v) is 22.0. The molecule has 2 aliphatic rings. The first-order valence-corrected chi connectivity index (χ1v) is 13.4. The number of fused-ring (bicyclic) bond motifs is 1. The predicted molar refractivity (Wildman–Crippen MR) is 143 cm³/mol. The molecule has 1 fully saturated rings. The van der Waals surface area contributed by atoms with Gasteiger partial charge >= 0.3 is 6.09 Å². The van der Waals surface area contributed by atoms with Crippen LogP contribution in [-0.4, -0.2) is 55.8 Å². The summed E-state index contributed by atoms with van der Waals surface area (Å²) in [5, 5.41) is 5.97. The molecule has 0 unspecified atom stereocenters. The summed E-state index contributed by atoms with van der Waals surface area (Å²) < 4.78 is 17.4. The van der Waals surface area contributed by atoms with Gasteiger partial charge in [-0.1, -0.05) is 44.2 Å². The highest BCUT2D eigenvalue weighted by Gasteiger charge is 2.24. The Morgan fingerprint density at radius 3 is 2.57 bits per heavy atom. The van der Waals surface area contributed by atoms with Crippen molar-refractivity contribution >= 4 is 17.7 Å². The van der Waals surface area contributed by atoms with Crippen molar-refractivity contribution in [3.63, 3.8) is 0 Å². The van der Waals surface area contributed by atoms with E-state index >= 15 is 0 Å². The molecule has 1 saturated heterocycles. The van der Waals surface area contributed by atoms with Crippen LogP contribution >= 0.6 is 0 Å². The first-order valence-electron chi connectivity index (χ1n) is 13.4. The minimum Gasteiger partial charge on any atom is -0.493 e. The number of rotatable bonds is 11. The number of piperidine rings is 1. The molecular formula is C29H39N3O5. The van der Waals surface area contributed by atoms with Crippen molar-refractivity contribution < 1.29 is 23.8 Å². The quantitative estimate of drug-likeness (QED) is 0.425.